The van der Waals surface area contributed by atoms with Gasteiger partial charge in [0.2, 0.25) is 5.91 Å². The van der Waals surface area contributed by atoms with E-state index >= 15 is 0 Å². The smallest absolute Gasteiger partial charge is 0.241 e. The maximum atomic E-state index is 11.8. The molecule has 0 heterocycles. The van der Waals surface area contributed by atoms with E-state index in [9.17, 15) is 4.79 Å². The van der Waals surface area contributed by atoms with Crippen molar-refractivity contribution in [1.29, 1.82) is 0 Å². The number of rotatable bonds is 3. The highest BCUT2D eigenvalue weighted by molar-refractivity contribution is 6.34. The number of halogens is 1. The molecule has 1 atom stereocenters. The quantitative estimate of drug-likeness (QED) is 0.872. The molecule has 17 heavy (non-hydrogen) atoms. The molecule has 0 aromatic heterocycles. The van der Waals surface area contributed by atoms with E-state index in [1.54, 1.807) is 0 Å². The highest BCUT2D eigenvalue weighted by atomic mass is 35.5. The highest BCUT2D eigenvalue weighted by Gasteiger charge is 2.18. The molecule has 3 nitrogen and oxygen atoms in total. The Labute approximate surface area is 107 Å². The molecule has 1 aromatic rings. The second-order valence-electron chi connectivity index (χ2n) is 4.70. The van der Waals surface area contributed by atoms with Crippen molar-refractivity contribution in [2.75, 3.05) is 5.32 Å². The molecule has 0 bridgehead atoms. The van der Waals surface area contributed by atoms with Gasteiger partial charge in [-0.25, -0.2) is 0 Å². The molecule has 0 aliphatic carbocycles. The number of carbonyl (C=O) groups excluding carboxylic acids is 1. The van der Waals surface area contributed by atoms with Gasteiger partial charge < -0.3 is 11.1 Å². The molecule has 0 aliphatic heterocycles. The number of amides is 1. The van der Waals surface area contributed by atoms with Crippen LogP contribution in [0, 0.1) is 19.8 Å². The normalized spacial score (nSPS) is 12.6. The van der Waals surface area contributed by atoms with E-state index in [2.05, 4.69) is 5.32 Å². The van der Waals surface area contributed by atoms with Crippen molar-refractivity contribution >= 4 is 23.2 Å². The van der Waals surface area contributed by atoms with E-state index in [4.69, 9.17) is 17.3 Å². The average molecular weight is 255 g/mol. The second kappa shape index (κ2) is 5.52. The molecule has 0 radical (unpaired) electrons. The van der Waals surface area contributed by atoms with Crippen molar-refractivity contribution in [1.82, 2.24) is 0 Å². The van der Waals surface area contributed by atoms with E-state index in [1.807, 2.05) is 39.8 Å². The zero-order chi connectivity index (χ0) is 13.2. The third-order valence-corrected chi connectivity index (χ3v) is 3.00. The number of nitrogens with one attached hydrogen (secondary N) is 1. The van der Waals surface area contributed by atoms with Gasteiger partial charge in [0.05, 0.1) is 16.8 Å². The minimum Gasteiger partial charge on any atom is -0.323 e. The first kappa shape index (κ1) is 14.0. The number of aryl methyl sites for hydroxylation is 2. The van der Waals surface area contributed by atoms with Crippen LogP contribution in [0.3, 0.4) is 0 Å². The van der Waals surface area contributed by atoms with Gasteiger partial charge in [-0.05, 0) is 37.0 Å². The Balaban J connectivity index is 2.93. The molecule has 0 unspecified atom stereocenters. The Hall–Kier alpha value is -1.06. The first-order chi connectivity index (χ1) is 7.82. The lowest BCUT2D eigenvalue weighted by Crippen LogP contribution is -2.39. The molecular formula is C13H19ClN2O. The molecule has 0 aliphatic rings. The maximum absolute atomic E-state index is 11.8. The largest absolute Gasteiger partial charge is 0.323 e. The fourth-order valence-corrected chi connectivity index (χ4v) is 1.95. The van der Waals surface area contributed by atoms with Crippen molar-refractivity contribution in [3.63, 3.8) is 0 Å². The molecule has 0 fully saturated rings. The van der Waals surface area contributed by atoms with Crippen molar-refractivity contribution in [3.8, 4) is 0 Å². The van der Waals surface area contributed by atoms with Gasteiger partial charge in [-0.1, -0.05) is 31.5 Å². The molecule has 1 rings (SSSR count). The predicted octanol–water partition coefficient (Wildman–Crippen LogP) is 2.88. The summed E-state index contributed by atoms with van der Waals surface area (Å²) in [5.41, 5.74) is 8.45. The predicted molar refractivity (Wildman–Crippen MR) is 72.4 cm³/mol. The Morgan fingerprint density at radius 1 is 1.35 bits per heavy atom. The summed E-state index contributed by atoms with van der Waals surface area (Å²) in [6.07, 6.45) is 0. The highest BCUT2D eigenvalue weighted by Crippen LogP contribution is 2.27. The maximum Gasteiger partial charge on any atom is 0.241 e. The van der Waals surface area contributed by atoms with Crippen LogP contribution >= 0.6 is 11.6 Å². The minimum atomic E-state index is -0.522. The zero-order valence-corrected chi connectivity index (χ0v) is 11.4. The lowest BCUT2D eigenvalue weighted by atomic mass is 10.0. The lowest BCUT2D eigenvalue weighted by Gasteiger charge is -2.17. The summed E-state index contributed by atoms with van der Waals surface area (Å²) >= 11 is 6.11. The van der Waals surface area contributed by atoms with Crippen LogP contribution in [0.1, 0.15) is 25.0 Å². The molecule has 1 amide bonds. The van der Waals surface area contributed by atoms with Gasteiger partial charge in [-0.3, -0.25) is 4.79 Å². The third-order valence-electron chi connectivity index (χ3n) is 2.70. The van der Waals surface area contributed by atoms with Crippen molar-refractivity contribution in [2.45, 2.75) is 33.7 Å². The Bertz CT molecular complexity index is 406. The summed E-state index contributed by atoms with van der Waals surface area (Å²) in [7, 11) is 0. The third kappa shape index (κ3) is 3.45. The van der Waals surface area contributed by atoms with Gasteiger partial charge in [-0.15, -0.1) is 0 Å². The Morgan fingerprint density at radius 2 is 1.94 bits per heavy atom. The van der Waals surface area contributed by atoms with Crippen LogP contribution in [0.15, 0.2) is 12.1 Å². The summed E-state index contributed by atoms with van der Waals surface area (Å²) in [5, 5.41) is 3.34. The molecule has 0 spiro atoms. The molecular weight excluding hydrogens is 236 g/mol. The van der Waals surface area contributed by atoms with Crippen LogP contribution in [-0.2, 0) is 4.79 Å². The Kier molecular flexibility index (Phi) is 4.54. The second-order valence-corrected chi connectivity index (χ2v) is 5.10. The van der Waals surface area contributed by atoms with Crippen molar-refractivity contribution in [3.05, 3.63) is 28.3 Å². The minimum absolute atomic E-state index is 0.0968. The van der Waals surface area contributed by atoms with Crippen LogP contribution in [0.25, 0.3) is 0 Å². The molecule has 3 N–H and O–H groups in total. The number of nitrogens with two attached hydrogens (primary N) is 1. The fraction of sp³-hybridized carbons (Fsp3) is 0.462. The summed E-state index contributed by atoms with van der Waals surface area (Å²) in [5.74, 6) is -0.103. The van der Waals surface area contributed by atoms with E-state index in [-0.39, 0.29) is 11.8 Å². The van der Waals surface area contributed by atoms with Crippen molar-refractivity contribution in [2.24, 2.45) is 11.7 Å². The first-order valence-electron chi connectivity index (χ1n) is 5.66. The number of hydrogen-bond donors (Lipinski definition) is 2. The average Bonchev–Trinajstić information content (AvgIpc) is 2.21. The molecule has 0 saturated carbocycles. The summed E-state index contributed by atoms with van der Waals surface area (Å²) in [6, 6.07) is 3.28. The monoisotopic (exact) mass is 254 g/mol. The number of hydrogen-bond acceptors (Lipinski definition) is 2. The van der Waals surface area contributed by atoms with Gasteiger partial charge >= 0.3 is 0 Å². The van der Waals surface area contributed by atoms with E-state index in [0.717, 1.165) is 11.1 Å². The standard InChI is InChI=1S/C13H19ClN2O/c1-7(2)11(15)13(17)16-12-9(4)5-8(3)6-10(12)14/h5-7,11H,15H2,1-4H3,(H,16,17)/t11-/m0/s1. The van der Waals surface area contributed by atoms with Gasteiger partial charge in [0.15, 0.2) is 0 Å². The summed E-state index contributed by atoms with van der Waals surface area (Å²) in [4.78, 5) is 11.8. The van der Waals surface area contributed by atoms with E-state index in [1.165, 1.54) is 0 Å². The number of benzene rings is 1. The first-order valence-corrected chi connectivity index (χ1v) is 6.04. The van der Waals surface area contributed by atoms with Gasteiger partial charge in [0, 0.05) is 0 Å². The van der Waals surface area contributed by atoms with Gasteiger partial charge in [0.1, 0.15) is 0 Å². The lowest BCUT2D eigenvalue weighted by molar-refractivity contribution is -0.118. The molecule has 1 aromatic carbocycles. The number of anilines is 1. The summed E-state index contributed by atoms with van der Waals surface area (Å²) in [6.45, 7) is 7.70. The van der Waals surface area contributed by atoms with Crippen LogP contribution in [-0.4, -0.2) is 11.9 Å². The zero-order valence-electron chi connectivity index (χ0n) is 10.7. The molecule has 0 saturated heterocycles. The van der Waals surface area contributed by atoms with Crippen LogP contribution in [0.5, 0.6) is 0 Å². The fourth-order valence-electron chi connectivity index (χ4n) is 1.58. The SMILES string of the molecule is Cc1cc(C)c(NC(=O)[C@@H](N)C(C)C)c(Cl)c1. The van der Waals surface area contributed by atoms with Crippen LogP contribution in [0.2, 0.25) is 5.02 Å². The van der Waals surface area contributed by atoms with Crippen LogP contribution < -0.4 is 11.1 Å². The summed E-state index contributed by atoms with van der Waals surface area (Å²) < 4.78 is 0. The number of carbonyl (C=O) groups is 1. The molecule has 94 valence electrons. The van der Waals surface area contributed by atoms with Gasteiger partial charge in [-0.2, -0.15) is 0 Å². The van der Waals surface area contributed by atoms with Crippen molar-refractivity contribution < 1.29 is 4.79 Å². The van der Waals surface area contributed by atoms with Gasteiger partial charge in [0.25, 0.3) is 0 Å². The molecule has 4 heteroatoms. The van der Waals surface area contributed by atoms with E-state index < -0.39 is 6.04 Å². The van der Waals surface area contributed by atoms with Crippen LogP contribution in [0.4, 0.5) is 5.69 Å². The Morgan fingerprint density at radius 3 is 2.41 bits per heavy atom. The van der Waals surface area contributed by atoms with E-state index in [0.29, 0.717) is 10.7 Å². The topological polar surface area (TPSA) is 55.1 Å².